The van der Waals surface area contributed by atoms with Gasteiger partial charge < -0.3 is 4.74 Å². The fourth-order valence-electron chi connectivity index (χ4n) is 2.96. The van der Waals surface area contributed by atoms with Crippen molar-refractivity contribution in [2.24, 2.45) is 0 Å². The second-order valence-corrected chi connectivity index (χ2v) is 7.60. The summed E-state index contributed by atoms with van der Waals surface area (Å²) in [6, 6.07) is 15.1. The van der Waals surface area contributed by atoms with Crippen molar-refractivity contribution in [1.82, 2.24) is 20.0 Å². The number of anilines is 2. The quantitative estimate of drug-likeness (QED) is 0.408. The average Bonchev–Trinajstić information content (AvgIpc) is 3.41. The number of para-hydroxylation sites is 2. The molecule has 0 atom stereocenters. The Labute approximate surface area is 186 Å². The minimum absolute atomic E-state index is 0.0982. The number of aryl methyl sites for hydroxylation is 1. The molecular formula is C22H18FN5O3S. The van der Waals surface area contributed by atoms with Crippen molar-refractivity contribution < 1.29 is 18.7 Å². The molecule has 4 rings (SSSR count). The van der Waals surface area contributed by atoms with Crippen LogP contribution in [0.1, 0.15) is 28.8 Å². The Kier molecular flexibility index (Phi) is 6.04. The predicted octanol–water partition coefficient (Wildman–Crippen LogP) is 4.21. The van der Waals surface area contributed by atoms with Crippen LogP contribution in [0.2, 0.25) is 0 Å². The number of carbonyl (C=O) groups is 2. The number of rotatable bonds is 6. The first-order valence-corrected chi connectivity index (χ1v) is 10.5. The van der Waals surface area contributed by atoms with Crippen molar-refractivity contribution >= 4 is 34.0 Å². The fourth-order valence-corrected chi connectivity index (χ4v) is 3.82. The maximum absolute atomic E-state index is 14.2. The molecule has 10 heteroatoms. The summed E-state index contributed by atoms with van der Waals surface area (Å²) >= 11 is 1.15. The molecular weight excluding hydrogens is 433 g/mol. The lowest BCUT2D eigenvalue weighted by Crippen LogP contribution is -2.23. The summed E-state index contributed by atoms with van der Waals surface area (Å²) in [6.07, 6.45) is 0. The van der Waals surface area contributed by atoms with Crippen LogP contribution in [0.25, 0.3) is 5.69 Å². The maximum Gasteiger partial charge on any atom is 0.361 e. The molecule has 0 aliphatic rings. The Morgan fingerprint density at radius 1 is 1.09 bits per heavy atom. The number of halogens is 1. The standard InChI is InChI=1S/C22H18FN5O3S/c1-14-20(26-28(25-14)17-8-4-3-5-9-17)21(30)31-12-16-13-32-22(24-16)27(15(2)29)19-11-7-6-10-18(19)23/h3-11,13H,12H2,1-2H3. The molecule has 2 aromatic heterocycles. The van der Waals surface area contributed by atoms with Crippen LogP contribution in [-0.2, 0) is 16.1 Å². The van der Waals surface area contributed by atoms with Crippen molar-refractivity contribution in [2.75, 3.05) is 4.90 Å². The van der Waals surface area contributed by atoms with Crippen LogP contribution in [-0.4, -0.2) is 31.9 Å². The molecule has 0 N–H and O–H groups in total. The average molecular weight is 451 g/mol. The fraction of sp³-hybridized carbons (Fsp3) is 0.136. The predicted molar refractivity (Wildman–Crippen MR) is 117 cm³/mol. The largest absolute Gasteiger partial charge is 0.454 e. The van der Waals surface area contributed by atoms with Crippen LogP contribution in [0.3, 0.4) is 0 Å². The van der Waals surface area contributed by atoms with E-state index in [4.69, 9.17) is 4.74 Å². The van der Waals surface area contributed by atoms with Crippen LogP contribution in [0.15, 0.2) is 60.0 Å². The van der Waals surface area contributed by atoms with Crippen molar-refractivity contribution in [3.05, 3.63) is 82.9 Å². The molecule has 0 bridgehead atoms. The molecule has 0 radical (unpaired) electrons. The number of carbonyl (C=O) groups excluding carboxylic acids is 2. The highest BCUT2D eigenvalue weighted by molar-refractivity contribution is 7.14. The normalized spacial score (nSPS) is 10.7. The molecule has 0 saturated heterocycles. The first-order chi connectivity index (χ1) is 15.4. The maximum atomic E-state index is 14.2. The number of benzene rings is 2. The highest BCUT2D eigenvalue weighted by Crippen LogP contribution is 2.30. The van der Waals surface area contributed by atoms with E-state index in [9.17, 15) is 14.0 Å². The number of hydrogen-bond acceptors (Lipinski definition) is 7. The number of amides is 1. The van der Waals surface area contributed by atoms with Crippen molar-refractivity contribution in [2.45, 2.75) is 20.5 Å². The summed E-state index contributed by atoms with van der Waals surface area (Å²) in [4.78, 5) is 31.5. The highest BCUT2D eigenvalue weighted by Gasteiger charge is 2.22. The van der Waals surface area contributed by atoms with E-state index in [1.54, 1.807) is 24.4 Å². The molecule has 0 aliphatic heterocycles. The molecule has 1 amide bonds. The number of nitrogens with zero attached hydrogens (tertiary/aromatic N) is 5. The van der Waals surface area contributed by atoms with Gasteiger partial charge in [0.15, 0.2) is 10.8 Å². The van der Waals surface area contributed by atoms with E-state index in [1.807, 2.05) is 30.3 Å². The summed E-state index contributed by atoms with van der Waals surface area (Å²) in [7, 11) is 0. The van der Waals surface area contributed by atoms with Gasteiger partial charge in [0.2, 0.25) is 5.91 Å². The third-order valence-electron chi connectivity index (χ3n) is 4.45. The monoisotopic (exact) mass is 451 g/mol. The number of hydrogen-bond donors (Lipinski definition) is 0. The highest BCUT2D eigenvalue weighted by atomic mass is 32.1. The van der Waals surface area contributed by atoms with Gasteiger partial charge in [-0.15, -0.1) is 16.4 Å². The zero-order valence-electron chi connectivity index (χ0n) is 17.2. The zero-order valence-corrected chi connectivity index (χ0v) is 18.0. The topological polar surface area (TPSA) is 90.2 Å². The molecule has 162 valence electrons. The minimum Gasteiger partial charge on any atom is -0.454 e. The second-order valence-electron chi connectivity index (χ2n) is 6.76. The van der Waals surface area contributed by atoms with E-state index < -0.39 is 11.8 Å². The lowest BCUT2D eigenvalue weighted by Gasteiger charge is -2.18. The molecule has 2 aromatic carbocycles. The summed E-state index contributed by atoms with van der Waals surface area (Å²) in [6.45, 7) is 2.87. The van der Waals surface area contributed by atoms with Gasteiger partial charge in [-0.05, 0) is 31.2 Å². The van der Waals surface area contributed by atoms with E-state index in [1.165, 1.54) is 28.8 Å². The molecule has 0 spiro atoms. The summed E-state index contributed by atoms with van der Waals surface area (Å²) in [5.74, 6) is -1.57. The number of thiazole rings is 1. The Balaban J connectivity index is 1.48. The first kappa shape index (κ1) is 21.3. The van der Waals surface area contributed by atoms with Gasteiger partial charge in [0.1, 0.15) is 12.4 Å². The molecule has 8 nitrogen and oxygen atoms in total. The van der Waals surface area contributed by atoms with Gasteiger partial charge in [-0.2, -0.15) is 9.90 Å². The molecule has 0 aliphatic carbocycles. The molecule has 0 unspecified atom stereocenters. The second kappa shape index (κ2) is 9.06. The third kappa shape index (κ3) is 4.40. The van der Waals surface area contributed by atoms with Gasteiger partial charge in [0, 0.05) is 12.3 Å². The van der Waals surface area contributed by atoms with Gasteiger partial charge in [-0.25, -0.2) is 14.2 Å². The minimum atomic E-state index is -0.642. The van der Waals surface area contributed by atoms with Crippen molar-refractivity contribution in [1.29, 1.82) is 0 Å². The Bertz CT molecular complexity index is 1270. The van der Waals surface area contributed by atoms with Gasteiger partial charge in [0.25, 0.3) is 0 Å². The zero-order chi connectivity index (χ0) is 22.7. The van der Waals surface area contributed by atoms with Gasteiger partial charge >= 0.3 is 5.97 Å². The SMILES string of the molecule is CC(=O)N(c1nc(COC(=O)c2nn(-c3ccccc3)nc2C)cs1)c1ccccc1F. The van der Waals surface area contributed by atoms with E-state index in [-0.39, 0.29) is 29.0 Å². The Hall–Kier alpha value is -3.92. The van der Waals surface area contributed by atoms with Gasteiger partial charge in [-0.1, -0.05) is 30.3 Å². The van der Waals surface area contributed by atoms with E-state index in [2.05, 4.69) is 15.2 Å². The number of aromatic nitrogens is 4. The number of esters is 1. The summed E-state index contributed by atoms with van der Waals surface area (Å²) < 4.78 is 19.5. The number of ether oxygens (including phenoxy) is 1. The van der Waals surface area contributed by atoms with E-state index >= 15 is 0 Å². The third-order valence-corrected chi connectivity index (χ3v) is 5.33. The smallest absolute Gasteiger partial charge is 0.361 e. The lowest BCUT2D eigenvalue weighted by atomic mass is 10.3. The summed E-state index contributed by atoms with van der Waals surface area (Å²) in [5, 5.41) is 10.4. The van der Waals surface area contributed by atoms with Crippen LogP contribution >= 0.6 is 11.3 Å². The first-order valence-electron chi connectivity index (χ1n) is 9.60. The molecule has 4 aromatic rings. The van der Waals surface area contributed by atoms with E-state index in [0.29, 0.717) is 11.4 Å². The molecule has 0 fully saturated rings. The Morgan fingerprint density at radius 3 is 2.53 bits per heavy atom. The van der Waals surface area contributed by atoms with Crippen LogP contribution in [0, 0.1) is 12.7 Å². The lowest BCUT2D eigenvalue weighted by molar-refractivity contribution is -0.115. The Morgan fingerprint density at radius 2 is 1.81 bits per heavy atom. The van der Waals surface area contributed by atoms with Gasteiger partial charge in [0.05, 0.1) is 22.8 Å². The molecule has 2 heterocycles. The molecule has 0 saturated carbocycles. The molecule has 32 heavy (non-hydrogen) atoms. The van der Waals surface area contributed by atoms with Crippen molar-refractivity contribution in [3.8, 4) is 5.69 Å². The van der Waals surface area contributed by atoms with Crippen LogP contribution in [0.5, 0.6) is 0 Å². The summed E-state index contributed by atoms with van der Waals surface area (Å²) in [5.41, 5.74) is 1.78. The van der Waals surface area contributed by atoms with E-state index in [0.717, 1.165) is 17.0 Å². The van der Waals surface area contributed by atoms with Gasteiger partial charge in [-0.3, -0.25) is 9.69 Å². The van der Waals surface area contributed by atoms with Crippen LogP contribution < -0.4 is 4.90 Å². The van der Waals surface area contributed by atoms with Crippen LogP contribution in [0.4, 0.5) is 15.2 Å². The van der Waals surface area contributed by atoms with Crippen molar-refractivity contribution in [3.63, 3.8) is 0 Å².